The van der Waals surface area contributed by atoms with Gasteiger partial charge in [0, 0.05) is 25.7 Å². The second-order valence-electron chi connectivity index (χ2n) is 5.08. The molecule has 1 aromatic carbocycles. The number of hydrogen-bond acceptors (Lipinski definition) is 7. The van der Waals surface area contributed by atoms with Crippen LogP contribution in [0.1, 0.15) is 14.5 Å². The molecule has 3 heterocycles. The molecule has 4 nitrogen and oxygen atoms in total. The minimum atomic E-state index is -0.293. The third-order valence-corrected chi connectivity index (χ3v) is 8.31. The molecule has 1 N–H and O–H groups in total. The Morgan fingerprint density at radius 1 is 1.19 bits per heavy atom. The number of halogens is 2. The molecule has 0 atom stereocenters. The smallest absolute Gasteiger partial charge is 0.269 e. The molecule has 0 spiro atoms. The number of thiophene rings is 2. The maximum atomic E-state index is 12.6. The highest BCUT2D eigenvalue weighted by Crippen LogP contribution is 2.37. The van der Waals surface area contributed by atoms with Gasteiger partial charge in [0.1, 0.15) is 4.88 Å². The van der Waals surface area contributed by atoms with E-state index in [0.29, 0.717) is 20.1 Å². The zero-order valence-corrected chi connectivity index (χ0v) is 17.6. The second kappa shape index (κ2) is 7.84. The van der Waals surface area contributed by atoms with Gasteiger partial charge in [0.2, 0.25) is 5.13 Å². The lowest BCUT2D eigenvalue weighted by Crippen LogP contribution is -2.10. The minimum Gasteiger partial charge on any atom is -0.296 e. The number of carbonyl (C=O) groups excluding carboxylic acids is 1. The number of benzene rings is 1. The number of nitrogens with one attached hydrogen (secondary N) is 1. The highest BCUT2D eigenvalue weighted by atomic mass is 35.5. The van der Waals surface area contributed by atoms with Crippen LogP contribution in [0.3, 0.4) is 0 Å². The summed E-state index contributed by atoms with van der Waals surface area (Å²) in [5.41, 5.74) is 0. The Kier molecular flexibility index (Phi) is 5.49. The summed E-state index contributed by atoms with van der Waals surface area (Å²) in [5.74, 6) is 0.543. The van der Waals surface area contributed by atoms with Gasteiger partial charge in [0.15, 0.2) is 4.34 Å². The van der Waals surface area contributed by atoms with E-state index in [1.807, 2.05) is 17.5 Å². The van der Waals surface area contributed by atoms with Gasteiger partial charge in [0.05, 0.1) is 5.02 Å². The lowest BCUT2D eigenvalue weighted by atomic mass is 10.2. The predicted octanol–water partition coefficient (Wildman–Crippen LogP) is 6.67. The molecule has 10 heteroatoms. The van der Waals surface area contributed by atoms with Crippen LogP contribution in [-0.2, 0) is 5.75 Å². The molecule has 0 aliphatic carbocycles. The molecule has 132 valence electrons. The van der Waals surface area contributed by atoms with Crippen LogP contribution < -0.4 is 5.32 Å². The van der Waals surface area contributed by atoms with Gasteiger partial charge in [-0.05, 0) is 23.6 Å². The standard InChI is InChI=1S/C16H9Cl2N3OS4/c17-8-3-4-10-11(6-8)25-13(12(10)18)14(22)19-15-20-21-16(26-15)24-7-9-2-1-5-23-9/h1-6H,7H2,(H,19,20,22). The fourth-order valence-electron chi connectivity index (χ4n) is 2.19. The van der Waals surface area contributed by atoms with E-state index >= 15 is 0 Å². The van der Waals surface area contributed by atoms with Crippen LogP contribution in [0, 0.1) is 0 Å². The zero-order valence-electron chi connectivity index (χ0n) is 12.9. The van der Waals surface area contributed by atoms with Crippen molar-refractivity contribution in [3.63, 3.8) is 0 Å². The number of thioether (sulfide) groups is 1. The van der Waals surface area contributed by atoms with Gasteiger partial charge in [-0.2, -0.15) is 0 Å². The van der Waals surface area contributed by atoms with E-state index in [1.54, 1.807) is 35.2 Å². The van der Waals surface area contributed by atoms with Crippen LogP contribution in [0.2, 0.25) is 10.0 Å². The van der Waals surface area contributed by atoms with Gasteiger partial charge >= 0.3 is 0 Å². The van der Waals surface area contributed by atoms with Crippen LogP contribution in [0.5, 0.6) is 0 Å². The van der Waals surface area contributed by atoms with Crippen LogP contribution in [0.25, 0.3) is 10.1 Å². The van der Waals surface area contributed by atoms with Crippen molar-refractivity contribution in [2.75, 3.05) is 5.32 Å². The van der Waals surface area contributed by atoms with Crippen LogP contribution in [-0.4, -0.2) is 16.1 Å². The molecule has 0 saturated carbocycles. The maximum absolute atomic E-state index is 12.6. The Balaban J connectivity index is 1.47. The second-order valence-corrected chi connectivity index (χ2v) is 10.2. The largest absolute Gasteiger partial charge is 0.296 e. The quantitative estimate of drug-likeness (QED) is 0.268. The van der Waals surface area contributed by atoms with Gasteiger partial charge in [-0.1, -0.05) is 58.4 Å². The summed E-state index contributed by atoms with van der Waals surface area (Å²) in [6.45, 7) is 0. The van der Waals surface area contributed by atoms with Gasteiger partial charge in [-0.25, -0.2) is 0 Å². The van der Waals surface area contributed by atoms with E-state index in [-0.39, 0.29) is 5.91 Å². The number of aromatic nitrogens is 2. The third kappa shape index (κ3) is 3.90. The fraction of sp³-hybridized carbons (Fsp3) is 0.0625. The number of carbonyl (C=O) groups is 1. The van der Waals surface area contributed by atoms with Crippen molar-refractivity contribution in [1.82, 2.24) is 10.2 Å². The van der Waals surface area contributed by atoms with Gasteiger partial charge in [0.25, 0.3) is 5.91 Å². The molecule has 0 unspecified atom stereocenters. The van der Waals surface area contributed by atoms with Crippen molar-refractivity contribution in [3.8, 4) is 0 Å². The van der Waals surface area contributed by atoms with Gasteiger partial charge in [-0.3, -0.25) is 10.1 Å². The Morgan fingerprint density at radius 3 is 2.88 bits per heavy atom. The van der Waals surface area contributed by atoms with Crippen molar-refractivity contribution >= 4 is 90.1 Å². The number of nitrogens with zero attached hydrogens (tertiary/aromatic N) is 2. The number of fused-ring (bicyclic) bond motifs is 1. The summed E-state index contributed by atoms with van der Waals surface area (Å²) < 4.78 is 1.68. The van der Waals surface area contributed by atoms with E-state index in [9.17, 15) is 4.79 Å². The third-order valence-electron chi connectivity index (χ3n) is 3.34. The van der Waals surface area contributed by atoms with Crippen molar-refractivity contribution in [1.29, 1.82) is 0 Å². The number of rotatable bonds is 5. The van der Waals surface area contributed by atoms with Crippen molar-refractivity contribution in [3.05, 3.63) is 55.5 Å². The molecule has 0 aliphatic heterocycles. The zero-order chi connectivity index (χ0) is 18.1. The molecular formula is C16H9Cl2N3OS4. The van der Waals surface area contributed by atoms with Crippen molar-refractivity contribution < 1.29 is 4.79 Å². The van der Waals surface area contributed by atoms with Crippen LogP contribution in [0.15, 0.2) is 40.1 Å². The lowest BCUT2D eigenvalue weighted by Gasteiger charge is -1.98. The Labute approximate surface area is 175 Å². The monoisotopic (exact) mass is 457 g/mol. The normalized spacial score (nSPS) is 11.2. The van der Waals surface area contributed by atoms with Gasteiger partial charge < -0.3 is 0 Å². The minimum absolute atomic E-state index is 0.293. The number of amides is 1. The summed E-state index contributed by atoms with van der Waals surface area (Å²) in [6.07, 6.45) is 0. The van der Waals surface area contributed by atoms with Gasteiger partial charge in [-0.15, -0.1) is 32.9 Å². The maximum Gasteiger partial charge on any atom is 0.269 e. The topological polar surface area (TPSA) is 54.9 Å². The van der Waals surface area contributed by atoms with Crippen LogP contribution in [0.4, 0.5) is 5.13 Å². The predicted molar refractivity (Wildman–Crippen MR) is 114 cm³/mol. The molecule has 0 fully saturated rings. The Morgan fingerprint density at radius 2 is 2.08 bits per heavy atom. The molecule has 26 heavy (non-hydrogen) atoms. The SMILES string of the molecule is O=C(Nc1nnc(SCc2cccs2)s1)c1sc2cc(Cl)ccc2c1Cl. The van der Waals surface area contributed by atoms with E-state index < -0.39 is 0 Å². The van der Waals surface area contributed by atoms with E-state index in [1.165, 1.54) is 27.6 Å². The first-order valence-electron chi connectivity index (χ1n) is 7.28. The highest BCUT2D eigenvalue weighted by molar-refractivity contribution is 8.00. The highest BCUT2D eigenvalue weighted by Gasteiger charge is 2.19. The molecule has 0 radical (unpaired) electrons. The average Bonchev–Trinajstić information content (AvgIpc) is 3.34. The summed E-state index contributed by atoms with van der Waals surface area (Å²) >= 11 is 18.3. The van der Waals surface area contributed by atoms with Crippen molar-refractivity contribution in [2.45, 2.75) is 10.1 Å². The molecule has 3 aromatic heterocycles. The number of hydrogen-bond donors (Lipinski definition) is 1. The van der Waals surface area contributed by atoms with E-state index in [2.05, 4.69) is 21.6 Å². The molecule has 4 aromatic rings. The molecule has 0 saturated heterocycles. The summed E-state index contributed by atoms with van der Waals surface area (Å²) in [7, 11) is 0. The Hall–Kier alpha value is -1.16. The first kappa shape index (κ1) is 18.2. The molecule has 4 rings (SSSR count). The van der Waals surface area contributed by atoms with Crippen molar-refractivity contribution in [2.24, 2.45) is 0 Å². The molecule has 0 bridgehead atoms. The molecule has 1 amide bonds. The fourth-order valence-corrected chi connectivity index (χ4v) is 6.39. The average molecular weight is 458 g/mol. The first-order valence-corrected chi connectivity index (χ1v) is 11.5. The van der Waals surface area contributed by atoms with Crippen LogP contribution >= 0.6 is 69.0 Å². The van der Waals surface area contributed by atoms with E-state index in [4.69, 9.17) is 23.2 Å². The summed E-state index contributed by atoms with van der Waals surface area (Å²) in [4.78, 5) is 14.3. The Bertz CT molecular complexity index is 1070. The summed E-state index contributed by atoms with van der Waals surface area (Å²) in [5, 5.41) is 15.3. The first-order chi connectivity index (χ1) is 12.6. The lowest BCUT2D eigenvalue weighted by molar-refractivity contribution is 0.103. The van der Waals surface area contributed by atoms with E-state index in [0.717, 1.165) is 20.2 Å². The number of anilines is 1. The molecule has 0 aliphatic rings. The summed E-state index contributed by atoms with van der Waals surface area (Å²) in [6, 6.07) is 9.48. The molecular weight excluding hydrogens is 449 g/mol.